The standard InChI is InChI=1S/C20H22F2N4O3/c1-11-15(12(2)26(5)23-11)9-25(4)20(27)19-16(13(3)29-24-19)10-28-18-7-6-14(21)8-17(18)22/h6-8H,9-10H2,1-5H3. The molecule has 0 saturated carbocycles. The van der Waals surface area contributed by atoms with E-state index in [0.29, 0.717) is 17.9 Å². The maximum absolute atomic E-state index is 13.8. The summed E-state index contributed by atoms with van der Waals surface area (Å²) in [6.45, 7) is 5.67. The van der Waals surface area contributed by atoms with Gasteiger partial charge in [0.25, 0.3) is 5.91 Å². The van der Waals surface area contributed by atoms with Crippen LogP contribution in [-0.2, 0) is 20.2 Å². The van der Waals surface area contributed by atoms with Gasteiger partial charge in [-0.2, -0.15) is 5.10 Å². The van der Waals surface area contributed by atoms with E-state index in [9.17, 15) is 13.6 Å². The molecule has 0 N–H and O–H groups in total. The molecule has 9 heteroatoms. The summed E-state index contributed by atoms with van der Waals surface area (Å²) in [6, 6.07) is 3.01. The van der Waals surface area contributed by atoms with E-state index in [0.717, 1.165) is 29.1 Å². The van der Waals surface area contributed by atoms with Gasteiger partial charge in [0.05, 0.1) is 11.3 Å². The summed E-state index contributed by atoms with van der Waals surface area (Å²) in [5, 5.41) is 8.21. The third-order valence-electron chi connectivity index (χ3n) is 4.85. The molecule has 3 aromatic rings. The molecule has 0 spiro atoms. The van der Waals surface area contributed by atoms with E-state index < -0.39 is 11.6 Å². The average Bonchev–Trinajstić information content (AvgIpc) is 3.14. The van der Waals surface area contributed by atoms with Crippen molar-refractivity contribution in [3.63, 3.8) is 0 Å². The van der Waals surface area contributed by atoms with Crippen molar-refractivity contribution in [1.82, 2.24) is 19.8 Å². The van der Waals surface area contributed by atoms with Gasteiger partial charge in [0.15, 0.2) is 17.3 Å². The number of aryl methyl sites for hydroxylation is 3. The summed E-state index contributed by atoms with van der Waals surface area (Å²) in [6.07, 6.45) is 0. The topological polar surface area (TPSA) is 73.4 Å². The highest BCUT2D eigenvalue weighted by atomic mass is 19.1. The van der Waals surface area contributed by atoms with Gasteiger partial charge in [0, 0.05) is 38.0 Å². The molecule has 0 saturated heterocycles. The summed E-state index contributed by atoms with van der Waals surface area (Å²) in [5.41, 5.74) is 3.26. The van der Waals surface area contributed by atoms with Crippen molar-refractivity contribution in [3.8, 4) is 5.75 Å². The molecule has 1 amide bonds. The zero-order chi connectivity index (χ0) is 21.3. The molecule has 3 rings (SSSR count). The van der Waals surface area contributed by atoms with E-state index in [1.165, 1.54) is 11.0 Å². The van der Waals surface area contributed by atoms with Crippen molar-refractivity contribution in [2.45, 2.75) is 33.9 Å². The lowest BCUT2D eigenvalue weighted by Crippen LogP contribution is -2.28. The Balaban J connectivity index is 1.78. The molecule has 2 aromatic heterocycles. The summed E-state index contributed by atoms with van der Waals surface area (Å²) in [7, 11) is 3.50. The molecule has 7 nitrogen and oxygen atoms in total. The van der Waals surface area contributed by atoms with Crippen LogP contribution in [-0.4, -0.2) is 32.8 Å². The van der Waals surface area contributed by atoms with Gasteiger partial charge in [-0.3, -0.25) is 9.48 Å². The van der Waals surface area contributed by atoms with Crippen molar-refractivity contribution >= 4 is 5.91 Å². The number of nitrogens with zero attached hydrogens (tertiary/aromatic N) is 4. The first-order chi connectivity index (χ1) is 13.7. The second-order valence-electron chi connectivity index (χ2n) is 6.86. The van der Waals surface area contributed by atoms with Crippen LogP contribution in [0.15, 0.2) is 22.7 Å². The number of hydrogen-bond donors (Lipinski definition) is 0. The minimum atomic E-state index is -0.827. The third kappa shape index (κ3) is 4.13. The van der Waals surface area contributed by atoms with E-state index in [2.05, 4.69) is 10.3 Å². The fourth-order valence-electron chi connectivity index (χ4n) is 3.01. The van der Waals surface area contributed by atoms with Crippen LogP contribution in [0.2, 0.25) is 0 Å². The van der Waals surface area contributed by atoms with Crippen LogP contribution in [0.4, 0.5) is 8.78 Å². The van der Waals surface area contributed by atoms with E-state index in [-0.39, 0.29) is 24.0 Å². The molecule has 1 aromatic carbocycles. The number of ether oxygens (including phenoxy) is 1. The minimum Gasteiger partial charge on any atom is -0.486 e. The van der Waals surface area contributed by atoms with Crippen molar-refractivity contribution < 1.29 is 22.8 Å². The lowest BCUT2D eigenvalue weighted by Gasteiger charge is -2.17. The van der Waals surface area contributed by atoms with Crippen LogP contribution in [0.25, 0.3) is 0 Å². The van der Waals surface area contributed by atoms with Crippen LogP contribution in [0.5, 0.6) is 5.75 Å². The zero-order valence-corrected chi connectivity index (χ0v) is 16.9. The third-order valence-corrected chi connectivity index (χ3v) is 4.85. The highest BCUT2D eigenvalue weighted by Crippen LogP contribution is 2.23. The molecule has 0 atom stereocenters. The number of benzene rings is 1. The number of amides is 1. The second kappa shape index (κ2) is 8.02. The fraction of sp³-hybridized carbons (Fsp3) is 0.350. The first-order valence-corrected chi connectivity index (χ1v) is 8.96. The van der Waals surface area contributed by atoms with Crippen molar-refractivity contribution in [1.29, 1.82) is 0 Å². The predicted molar refractivity (Wildman–Crippen MR) is 100 cm³/mol. The van der Waals surface area contributed by atoms with Crippen molar-refractivity contribution in [2.75, 3.05) is 7.05 Å². The average molecular weight is 404 g/mol. The van der Waals surface area contributed by atoms with E-state index >= 15 is 0 Å². The van der Waals surface area contributed by atoms with Gasteiger partial charge in [-0.1, -0.05) is 5.16 Å². The quantitative estimate of drug-likeness (QED) is 0.629. The van der Waals surface area contributed by atoms with Crippen LogP contribution in [0.1, 0.15) is 38.8 Å². The van der Waals surface area contributed by atoms with Gasteiger partial charge in [-0.05, 0) is 32.9 Å². The Labute approximate surface area is 166 Å². The summed E-state index contributed by atoms with van der Waals surface area (Å²) in [5.74, 6) is -1.62. The van der Waals surface area contributed by atoms with Crippen LogP contribution in [0.3, 0.4) is 0 Å². The Morgan fingerprint density at radius 2 is 1.97 bits per heavy atom. The van der Waals surface area contributed by atoms with Crippen LogP contribution >= 0.6 is 0 Å². The SMILES string of the molecule is Cc1nn(C)c(C)c1CN(C)C(=O)c1noc(C)c1COc1ccc(F)cc1F. The molecule has 0 aliphatic rings. The number of halogens is 2. The predicted octanol–water partition coefficient (Wildman–Crippen LogP) is 3.46. The monoisotopic (exact) mass is 404 g/mol. The maximum Gasteiger partial charge on any atom is 0.276 e. The molecule has 29 heavy (non-hydrogen) atoms. The number of hydrogen-bond acceptors (Lipinski definition) is 5. The Morgan fingerprint density at radius 1 is 1.24 bits per heavy atom. The molecule has 0 aliphatic heterocycles. The summed E-state index contributed by atoms with van der Waals surface area (Å²) in [4.78, 5) is 14.4. The Morgan fingerprint density at radius 3 is 2.59 bits per heavy atom. The molecule has 0 aliphatic carbocycles. The van der Waals surface area contributed by atoms with E-state index in [1.807, 2.05) is 20.9 Å². The largest absolute Gasteiger partial charge is 0.486 e. The Kier molecular flexibility index (Phi) is 5.67. The van der Waals surface area contributed by atoms with Crippen molar-refractivity contribution in [2.24, 2.45) is 7.05 Å². The zero-order valence-electron chi connectivity index (χ0n) is 16.9. The van der Waals surface area contributed by atoms with Gasteiger partial charge in [-0.25, -0.2) is 8.78 Å². The highest BCUT2D eigenvalue weighted by Gasteiger charge is 2.25. The van der Waals surface area contributed by atoms with Gasteiger partial charge in [-0.15, -0.1) is 0 Å². The molecular weight excluding hydrogens is 382 g/mol. The number of carbonyl (C=O) groups excluding carboxylic acids is 1. The first-order valence-electron chi connectivity index (χ1n) is 8.96. The molecular formula is C20H22F2N4O3. The number of aromatic nitrogens is 3. The van der Waals surface area contributed by atoms with E-state index in [4.69, 9.17) is 9.26 Å². The van der Waals surface area contributed by atoms with Gasteiger partial charge >= 0.3 is 0 Å². The molecule has 2 heterocycles. The van der Waals surface area contributed by atoms with Crippen LogP contribution in [0, 0.1) is 32.4 Å². The maximum atomic E-state index is 13.8. The Bertz CT molecular complexity index is 1060. The normalized spacial score (nSPS) is 11.0. The number of carbonyl (C=O) groups is 1. The lowest BCUT2D eigenvalue weighted by molar-refractivity contribution is 0.0772. The first kappa shape index (κ1) is 20.5. The highest BCUT2D eigenvalue weighted by molar-refractivity contribution is 5.93. The Hall–Kier alpha value is -3.23. The molecule has 0 bridgehead atoms. The van der Waals surface area contributed by atoms with Gasteiger partial charge in [0.1, 0.15) is 18.2 Å². The number of rotatable bonds is 6. The minimum absolute atomic E-state index is 0.0896. The molecule has 154 valence electrons. The molecule has 0 unspecified atom stereocenters. The summed E-state index contributed by atoms with van der Waals surface area (Å²) >= 11 is 0. The van der Waals surface area contributed by atoms with Gasteiger partial charge < -0.3 is 14.2 Å². The summed E-state index contributed by atoms with van der Waals surface area (Å²) < 4.78 is 39.2. The van der Waals surface area contributed by atoms with E-state index in [1.54, 1.807) is 18.7 Å². The van der Waals surface area contributed by atoms with Gasteiger partial charge in [0.2, 0.25) is 0 Å². The molecule has 0 fully saturated rings. The molecule has 0 radical (unpaired) electrons. The van der Waals surface area contributed by atoms with Crippen LogP contribution < -0.4 is 4.74 Å². The lowest BCUT2D eigenvalue weighted by atomic mass is 10.1. The smallest absolute Gasteiger partial charge is 0.276 e. The fourth-order valence-corrected chi connectivity index (χ4v) is 3.01. The van der Waals surface area contributed by atoms with Crippen molar-refractivity contribution in [3.05, 3.63) is 63.8 Å². The second-order valence-corrected chi connectivity index (χ2v) is 6.86.